The first-order chi connectivity index (χ1) is 11.6. The first-order valence-electron chi connectivity index (χ1n) is 7.35. The lowest BCUT2D eigenvalue weighted by molar-refractivity contribution is 0.0526. The van der Waals surface area contributed by atoms with Gasteiger partial charge in [0.1, 0.15) is 5.82 Å². The maximum atomic E-state index is 13.0. The van der Waals surface area contributed by atoms with E-state index in [9.17, 15) is 14.0 Å². The van der Waals surface area contributed by atoms with Gasteiger partial charge in [-0.3, -0.25) is 0 Å². The van der Waals surface area contributed by atoms with Crippen LogP contribution in [0.1, 0.15) is 22.8 Å². The van der Waals surface area contributed by atoms with Crippen LogP contribution >= 0.6 is 0 Å². The van der Waals surface area contributed by atoms with E-state index in [-0.39, 0.29) is 5.82 Å². The van der Waals surface area contributed by atoms with Crippen LogP contribution in [0.15, 0.2) is 54.7 Å². The molecule has 24 heavy (non-hydrogen) atoms. The molecule has 0 saturated carbocycles. The van der Waals surface area contributed by atoms with Gasteiger partial charge in [-0.25, -0.2) is 14.0 Å². The molecule has 0 heterocycles. The fourth-order valence-electron chi connectivity index (χ4n) is 1.90. The number of anilines is 1. The van der Waals surface area contributed by atoms with Crippen LogP contribution in [0.25, 0.3) is 6.08 Å². The number of hydrogen-bond donors (Lipinski definition) is 2. The van der Waals surface area contributed by atoms with Crippen molar-refractivity contribution in [3.63, 3.8) is 0 Å². The predicted molar refractivity (Wildman–Crippen MR) is 90.0 cm³/mol. The number of rotatable bonds is 5. The van der Waals surface area contributed by atoms with Gasteiger partial charge in [0.15, 0.2) is 0 Å². The molecule has 2 rings (SSSR count). The molecule has 2 N–H and O–H groups in total. The van der Waals surface area contributed by atoms with Crippen LogP contribution in [0, 0.1) is 5.82 Å². The quantitative estimate of drug-likeness (QED) is 0.821. The maximum Gasteiger partial charge on any atom is 0.338 e. The van der Waals surface area contributed by atoms with E-state index >= 15 is 0 Å². The monoisotopic (exact) mass is 328 g/mol. The average Bonchev–Trinajstić information content (AvgIpc) is 2.56. The highest BCUT2D eigenvalue weighted by Crippen LogP contribution is 2.10. The fourth-order valence-corrected chi connectivity index (χ4v) is 1.90. The van der Waals surface area contributed by atoms with Gasteiger partial charge in [-0.05, 0) is 55.0 Å². The van der Waals surface area contributed by atoms with Gasteiger partial charge in [0.2, 0.25) is 0 Å². The Bertz CT molecular complexity index is 742. The molecule has 0 aliphatic carbocycles. The number of carbonyl (C=O) groups is 2. The highest BCUT2D eigenvalue weighted by atomic mass is 19.1. The summed E-state index contributed by atoms with van der Waals surface area (Å²) in [4.78, 5) is 23.3. The Morgan fingerprint density at radius 1 is 1.17 bits per heavy atom. The van der Waals surface area contributed by atoms with Gasteiger partial charge < -0.3 is 15.4 Å². The lowest BCUT2D eigenvalue weighted by Crippen LogP contribution is -2.23. The third-order valence-corrected chi connectivity index (χ3v) is 2.99. The predicted octanol–water partition coefficient (Wildman–Crippen LogP) is 3.79. The molecule has 2 aromatic rings. The van der Waals surface area contributed by atoms with Gasteiger partial charge >= 0.3 is 12.0 Å². The highest BCUT2D eigenvalue weighted by Gasteiger charge is 2.06. The van der Waals surface area contributed by atoms with Crippen LogP contribution in [0.2, 0.25) is 0 Å². The van der Waals surface area contributed by atoms with Crippen LogP contribution in [0.5, 0.6) is 0 Å². The number of amides is 2. The highest BCUT2D eigenvalue weighted by molar-refractivity contribution is 5.92. The second-order valence-electron chi connectivity index (χ2n) is 4.78. The maximum absolute atomic E-state index is 13.0. The number of carbonyl (C=O) groups excluding carboxylic acids is 2. The van der Waals surface area contributed by atoms with Gasteiger partial charge in [0, 0.05) is 11.9 Å². The van der Waals surface area contributed by atoms with E-state index < -0.39 is 12.0 Å². The summed E-state index contributed by atoms with van der Waals surface area (Å²) in [5.41, 5.74) is 1.57. The molecule has 0 unspecified atom stereocenters. The summed E-state index contributed by atoms with van der Waals surface area (Å²) in [6, 6.07) is 11.9. The first-order valence-corrected chi connectivity index (χ1v) is 7.35. The van der Waals surface area contributed by atoms with E-state index in [0.29, 0.717) is 23.4 Å². The molecule has 0 aromatic heterocycles. The summed E-state index contributed by atoms with van der Waals surface area (Å²) in [7, 11) is 0. The molecular weight excluding hydrogens is 311 g/mol. The van der Waals surface area contributed by atoms with E-state index in [0.717, 1.165) is 0 Å². The van der Waals surface area contributed by atoms with E-state index in [2.05, 4.69) is 10.6 Å². The molecule has 124 valence electrons. The van der Waals surface area contributed by atoms with E-state index in [4.69, 9.17) is 4.74 Å². The Morgan fingerprint density at radius 2 is 1.92 bits per heavy atom. The Morgan fingerprint density at radius 3 is 2.58 bits per heavy atom. The van der Waals surface area contributed by atoms with Gasteiger partial charge in [-0.2, -0.15) is 0 Å². The summed E-state index contributed by atoms with van der Waals surface area (Å²) in [6.07, 6.45) is 2.99. The van der Waals surface area contributed by atoms with E-state index in [1.807, 2.05) is 0 Å². The molecule has 0 bridgehead atoms. The molecular formula is C18H17FN2O3. The summed E-state index contributed by atoms with van der Waals surface area (Å²) in [6.45, 7) is 2.04. The fraction of sp³-hybridized carbons (Fsp3) is 0.111. The minimum Gasteiger partial charge on any atom is -0.462 e. The Balaban J connectivity index is 1.87. The Kier molecular flexibility index (Phi) is 6.08. The van der Waals surface area contributed by atoms with Crippen molar-refractivity contribution in [3.05, 3.63) is 71.7 Å². The van der Waals surface area contributed by atoms with Crippen LogP contribution in [-0.2, 0) is 4.74 Å². The number of ether oxygens (including phenoxy) is 1. The molecule has 5 nitrogen and oxygen atoms in total. The van der Waals surface area contributed by atoms with Gasteiger partial charge in [0.05, 0.1) is 12.2 Å². The molecule has 0 radical (unpaired) electrons. The molecule has 6 heteroatoms. The second-order valence-corrected chi connectivity index (χ2v) is 4.78. The smallest absolute Gasteiger partial charge is 0.338 e. The van der Waals surface area contributed by atoms with Crippen molar-refractivity contribution < 1.29 is 18.7 Å². The van der Waals surface area contributed by atoms with Crippen LogP contribution < -0.4 is 10.6 Å². The summed E-state index contributed by atoms with van der Waals surface area (Å²) < 4.78 is 17.9. The minimum atomic E-state index is -0.452. The SMILES string of the molecule is CCOC(=O)c1ccc(NC(=O)N/C=C/c2cccc(F)c2)cc1. The van der Waals surface area contributed by atoms with E-state index in [1.165, 1.54) is 18.3 Å². The molecule has 0 spiro atoms. The number of esters is 1. The lowest BCUT2D eigenvalue weighted by atomic mass is 10.2. The number of halogens is 1. The minimum absolute atomic E-state index is 0.304. The van der Waals surface area contributed by atoms with E-state index in [1.54, 1.807) is 49.4 Å². The zero-order valence-electron chi connectivity index (χ0n) is 13.1. The molecule has 0 aliphatic rings. The molecule has 2 amide bonds. The van der Waals surface area contributed by atoms with Crippen molar-refractivity contribution in [2.75, 3.05) is 11.9 Å². The topological polar surface area (TPSA) is 67.4 Å². The van der Waals surface area contributed by atoms with Crippen molar-refractivity contribution in [3.8, 4) is 0 Å². The standard InChI is InChI=1S/C18H17FN2O3/c1-2-24-17(22)14-6-8-16(9-7-14)21-18(23)20-11-10-13-4-3-5-15(19)12-13/h3-12H,2H2,1H3,(H2,20,21,23)/b11-10+. The molecule has 0 atom stereocenters. The number of nitrogens with one attached hydrogen (secondary N) is 2. The zero-order chi connectivity index (χ0) is 17.4. The third kappa shape index (κ3) is 5.24. The molecule has 0 fully saturated rings. The zero-order valence-corrected chi connectivity index (χ0v) is 13.1. The third-order valence-electron chi connectivity index (χ3n) is 2.99. The van der Waals surface area contributed by atoms with Crippen molar-refractivity contribution >= 4 is 23.8 Å². The van der Waals surface area contributed by atoms with Crippen molar-refractivity contribution in [1.29, 1.82) is 0 Å². The molecule has 2 aromatic carbocycles. The molecule has 0 aliphatic heterocycles. The van der Waals surface area contributed by atoms with Gasteiger partial charge in [-0.15, -0.1) is 0 Å². The Hall–Kier alpha value is -3.15. The largest absolute Gasteiger partial charge is 0.462 e. The second kappa shape index (κ2) is 8.47. The normalized spacial score (nSPS) is 10.4. The average molecular weight is 328 g/mol. The molecule has 0 saturated heterocycles. The van der Waals surface area contributed by atoms with Crippen molar-refractivity contribution in [1.82, 2.24) is 5.32 Å². The van der Waals surface area contributed by atoms with Crippen molar-refractivity contribution in [2.24, 2.45) is 0 Å². The van der Waals surface area contributed by atoms with Gasteiger partial charge in [0.25, 0.3) is 0 Å². The summed E-state index contributed by atoms with van der Waals surface area (Å²) in [5.74, 6) is -0.755. The van der Waals surface area contributed by atoms with Crippen molar-refractivity contribution in [2.45, 2.75) is 6.92 Å². The number of benzene rings is 2. The van der Waals surface area contributed by atoms with Crippen LogP contribution in [0.3, 0.4) is 0 Å². The van der Waals surface area contributed by atoms with Crippen LogP contribution in [0.4, 0.5) is 14.9 Å². The first kappa shape index (κ1) is 17.2. The van der Waals surface area contributed by atoms with Crippen LogP contribution in [-0.4, -0.2) is 18.6 Å². The summed E-state index contributed by atoms with van der Waals surface area (Å²) >= 11 is 0. The Labute approximate surface area is 139 Å². The number of hydrogen-bond acceptors (Lipinski definition) is 3. The number of urea groups is 1. The van der Waals surface area contributed by atoms with Gasteiger partial charge in [-0.1, -0.05) is 12.1 Å². The summed E-state index contributed by atoms with van der Waals surface area (Å²) in [5, 5.41) is 5.12. The lowest BCUT2D eigenvalue weighted by Gasteiger charge is -2.06.